The molecule has 3 aliphatic heterocycles. The van der Waals surface area contributed by atoms with E-state index in [9.17, 15) is 48.2 Å². The number of aryl methyl sites for hydroxylation is 1. The van der Waals surface area contributed by atoms with Crippen LogP contribution in [-0.2, 0) is 54.0 Å². The molecule has 4 atom stereocenters. The van der Waals surface area contributed by atoms with Gasteiger partial charge in [0.05, 0.1) is 29.0 Å². The first-order valence-electron chi connectivity index (χ1n) is 20.7. The van der Waals surface area contributed by atoms with E-state index in [1.54, 1.807) is 26.0 Å². The second-order valence-corrected chi connectivity index (χ2v) is 16.0. The summed E-state index contributed by atoms with van der Waals surface area (Å²) in [4.78, 5) is 95.9. The van der Waals surface area contributed by atoms with Gasteiger partial charge in [0, 0.05) is 59.4 Å². The molecule has 1 unspecified atom stereocenters. The third kappa shape index (κ3) is 8.81. The second-order valence-electron chi connectivity index (χ2n) is 16.0. The van der Waals surface area contributed by atoms with Gasteiger partial charge in [0.25, 0.3) is 11.5 Å². The number of nitrogens with zero attached hydrogens (tertiary/aromatic N) is 3. The van der Waals surface area contributed by atoms with Crippen molar-refractivity contribution in [1.82, 2.24) is 30.4 Å². The van der Waals surface area contributed by atoms with Crippen molar-refractivity contribution in [3.05, 3.63) is 104 Å². The van der Waals surface area contributed by atoms with Crippen molar-refractivity contribution >= 4 is 52.1 Å². The summed E-state index contributed by atoms with van der Waals surface area (Å²) in [5, 5.41) is 32.4. The summed E-state index contributed by atoms with van der Waals surface area (Å²) in [7, 11) is 0. The van der Waals surface area contributed by atoms with E-state index in [0.717, 1.165) is 0 Å². The van der Waals surface area contributed by atoms with Crippen LogP contribution in [-0.4, -0.2) is 85.0 Å². The first-order valence-corrected chi connectivity index (χ1v) is 20.7. The van der Waals surface area contributed by atoms with Crippen molar-refractivity contribution in [2.45, 2.75) is 103 Å². The largest absolute Gasteiger partial charge is 0.458 e. The number of amides is 5. The Labute approximate surface area is 360 Å². The molecule has 0 fully saturated rings. The molecule has 63 heavy (non-hydrogen) atoms. The Morgan fingerprint density at radius 3 is 2.41 bits per heavy atom. The van der Waals surface area contributed by atoms with E-state index >= 15 is 0 Å². The molecule has 3 aliphatic rings. The third-order valence-electron chi connectivity index (χ3n) is 11.8. The number of anilines is 1. The molecule has 5 heterocycles. The fraction of sp³-hybridized carbons (Fsp3) is 0.378. The maximum atomic E-state index is 14.9. The molecule has 18 heteroatoms. The topological polar surface area (TPSA) is 238 Å². The van der Waals surface area contributed by atoms with Gasteiger partial charge < -0.3 is 45.7 Å². The molecule has 2 aromatic heterocycles. The van der Waals surface area contributed by atoms with Gasteiger partial charge in [-0.05, 0) is 93.6 Å². The average Bonchev–Trinajstić information content (AvgIpc) is 3.79. The van der Waals surface area contributed by atoms with E-state index < -0.39 is 59.0 Å². The van der Waals surface area contributed by atoms with Crippen LogP contribution in [0.3, 0.4) is 0 Å². The fourth-order valence-corrected chi connectivity index (χ4v) is 7.99. The van der Waals surface area contributed by atoms with Crippen molar-refractivity contribution in [2.75, 3.05) is 11.9 Å². The Kier molecular flexibility index (Phi) is 12.6. The maximum absolute atomic E-state index is 14.9. The summed E-state index contributed by atoms with van der Waals surface area (Å²) in [5.74, 6) is -3.52. The second kappa shape index (κ2) is 17.9. The zero-order valence-corrected chi connectivity index (χ0v) is 35.2. The number of cyclic esters (lactones) is 1. The van der Waals surface area contributed by atoms with Crippen molar-refractivity contribution in [1.29, 1.82) is 0 Å². The SMILES string of the molecule is CC[C@@]1(O)C(=O)OCc2c1cc1n(c2=O)Cc2c-1nc1cc(F)c(C)cc1c2CNC(=O)c1ccc(NC(=O)[C@H](C)NC(=O)[C@H](C)NC(=O)CCCCCN2C(=O)C=CC2O)cc1. The molecular weight excluding hydrogens is 818 g/mol. The number of aromatic nitrogens is 2. The van der Waals surface area contributed by atoms with Gasteiger partial charge in [0.1, 0.15) is 30.7 Å². The van der Waals surface area contributed by atoms with Gasteiger partial charge in [-0.25, -0.2) is 14.2 Å². The van der Waals surface area contributed by atoms with Gasteiger partial charge in [-0.1, -0.05) is 13.3 Å². The van der Waals surface area contributed by atoms with Crippen LogP contribution in [0.2, 0.25) is 0 Å². The number of nitrogens with one attached hydrogen (secondary N) is 4. The minimum absolute atomic E-state index is 0.0324. The number of benzene rings is 2. The number of rotatable bonds is 15. The molecule has 0 aliphatic carbocycles. The average molecular weight is 866 g/mol. The summed E-state index contributed by atoms with van der Waals surface area (Å²) in [6, 6.07) is 8.64. The highest BCUT2D eigenvalue weighted by Crippen LogP contribution is 2.40. The monoisotopic (exact) mass is 865 g/mol. The number of esters is 1. The number of halogens is 1. The number of hydrogen-bond donors (Lipinski definition) is 6. The molecule has 17 nitrogen and oxygen atoms in total. The molecule has 0 saturated heterocycles. The quantitative estimate of drug-likeness (QED) is 0.0661. The summed E-state index contributed by atoms with van der Waals surface area (Å²) in [6.07, 6.45) is 3.69. The van der Waals surface area contributed by atoms with Crippen LogP contribution in [0.1, 0.15) is 91.1 Å². The molecule has 0 saturated carbocycles. The van der Waals surface area contributed by atoms with E-state index in [1.165, 1.54) is 65.8 Å². The lowest BCUT2D eigenvalue weighted by molar-refractivity contribution is -0.172. The standard InChI is InChI=1S/C45H48FN7O10/c1-5-45(62)32-18-35-39-30(21-53(35)43(60)31(32)22-63-44(45)61)29(28-17-23(2)33(46)19-34(28)51-39)20-47-42(59)26-10-12-27(13-11-26)50-41(58)25(4)49-40(57)24(3)48-36(54)9-7-6-8-16-52-37(55)14-15-38(52)56/h10-15,17-19,24-25,37,55,62H,5-9,16,20-22H2,1-4H3,(H,47,59)(H,48,54)(H,49,57)(H,50,58)/t24-,25-,37?,45-/m0/s1. The first-order chi connectivity index (χ1) is 30.0. The third-order valence-corrected chi connectivity index (χ3v) is 11.8. The van der Waals surface area contributed by atoms with Gasteiger partial charge in [-0.2, -0.15) is 0 Å². The smallest absolute Gasteiger partial charge is 0.343 e. The lowest BCUT2D eigenvalue weighted by Crippen LogP contribution is -2.50. The number of aliphatic hydroxyl groups excluding tert-OH is 1. The predicted octanol–water partition coefficient (Wildman–Crippen LogP) is 2.68. The number of pyridine rings is 2. The van der Waals surface area contributed by atoms with E-state index in [4.69, 9.17) is 9.72 Å². The van der Waals surface area contributed by atoms with Crippen LogP contribution in [0.25, 0.3) is 22.3 Å². The van der Waals surface area contributed by atoms with Crippen molar-refractivity contribution in [2.24, 2.45) is 0 Å². The zero-order valence-electron chi connectivity index (χ0n) is 35.2. The summed E-state index contributed by atoms with van der Waals surface area (Å²) in [5.41, 5.74) is 0.949. The normalized spacial score (nSPS) is 18.3. The lowest BCUT2D eigenvalue weighted by Gasteiger charge is -2.31. The van der Waals surface area contributed by atoms with Crippen LogP contribution in [0.4, 0.5) is 10.1 Å². The fourth-order valence-electron chi connectivity index (χ4n) is 7.99. The highest BCUT2D eigenvalue weighted by atomic mass is 19.1. The van der Waals surface area contributed by atoms with Gasteiger partial charge in [0.15, 0.2) is 5.60 Å². The van der Waals surface area contributed by atoms with Gasteiger partial charge >= 0.3 is 5.97 Å². The van der Waals surface area contributed by atoms with Gasteiger partial charge in [-0.15, -0.1) is 0 Å². The highest BCUT2D eigenvalue weighted by Gasteiger charge is 2.45. The molecule has 4 aromatic rings. The number of aliphatic hydroxyl groups is 2. The Bertz CT molecular complexity index is 2650. The number of fused-ring (bicyclic) bond motifs is 5. The van der Waals surface area contributed by atoms with Crippen molar-refractivity contribution in [3.8, 4) is 11.4 Å². The minimum atomic E-state index is -2.03. The number of unbranched alkanes of at least 4 members (excludes halogenated alkanes) is 2. The van der Waals surface area contributed by atoms with E-state index in [2.05, 4.69) is 21.3 Å². The Hall–Kier alpha value is -6.79. The Balaban J connectivity index is 0.953. The zero-order chi connectivity index (χ0) is 45.3. The lowest BCUT2D eigenvalue weighted by atomic mass is 9.86. The molecule has 7 rings (SSSR count). The number of hydrogen-bond acceptors (Lipinski definition) is 11. The number of carbonyl (C=O) groups is 6. The van der Waals surface area contributed by atoms with E-state index in [1.807, 2.05) is 0 Å². The summed E-state index contributed by atoms with van der Waals surface area (Å²) >= 11 is 0. The Morgan fingerprint density at radius 1 is 0.984 bits per heavy atom. The van der Waals surface area contributed by atoms with E-state index in [-0.39, 0.29) is 66.6 Å². The molecule has 330 valence electrons. The van der Waals surface area contributed by atoms with Crippen LogP contribution < -0.4 is 26.8 Å². The Morgan fingerprint density at radius 2 is 1.71 bits per heavy atom. The number of carbonyl (C=O) groups excluding carboxylic acids is 6. The first kappa shape index (κ1) is 44.3. The van der Waals surface area contributed by atoms with Crippen molar-refractivity contribution in [3.63, 3.8) is 0 Å². The van der Waals surface area contributed by atoms with Crippen molar-refractivity contribution < 1.29 is 48.1 Å². The minimum Gasteiger partial charge on any atom is -0.458 e. The highest BCUT2D eigenvalue weighted by molar-refractivity contribution is 5.99. The van der Waals surface area contributed by atoms with Gasteiger partial charge in [-0.3, -0.25) is 28.8 Å². The molecule has 2 aromatic carbocycles. The maximum Gasteiger partial charge on any atom is 0.343 e. The molecule has 0 spiro atoms. The summed E-state index contributed by atoms with van der Waals surface area (Å²) in [6.45, 7) is 6.30. The van der Waals surface area contributed by atoms with Crippen LogP contribution in [0.15, 0.2) is 59.4 Å². The molecule has 5 amide bonds. The van der Waals surface area contributed by atoms with Crippen LogP contribution >= 0.6 is 0 Å². The molecule has 0 bridgehead atoms. The number of ether oxygens (including phenoxy) is 1. The predicted molar refractivity (Wildman–Crippen MR) is 226 cm³/mol. The van der Waals surface area contributed by atoms with E-state index in [0.29, 0.717) is 65.0 Å². The van der Waals surface area contributed by atoms with Crippen LogP contribution in [0.5, 0.6) is 0 Å². The molecular formula is C45H48FN7O10. The summed E-state index contributed by atoms with van der Waals surface area (Å²) < 4.78 is 21.6. The van der Waals surface area contributed by atoms with Gasteiger partial charge in [0.2, 0.25) is 23.6 Å². The molecule has 6 N–H and O–H groups in total. The molecule has 0 radical (unpaired) electrons. The van der Waals surface area contributed by atoms with Crippen LogP contribution in [0, 0.1) is 12.7 Å².